The SMILES string of the molecule is O=C1CCC(=O)N2CCCC(C2)NCCNC(=O)CN1. The van der Waals surface area contributed by atoms with E-state index < -0.39 is 0 Å². The molecule has 2 heterocycles. The smallest absolute Gasteiger partial charge is 0.239 e. The minimum Gasteiger partial charge on any atom is -0.353 e. The molecule has 0 spiro atoms. The van der Waals surface area contributed by atoms with E-state index in [4.69, 9.17) is 0 Å². The van der Waals surface area contributed by atoms with Crippen LogP contribution in [0, 0.1) is 0 Å². The molecule has 0 aromatic heterocycles. The summed E-state index contributed by atoms with van der Waals surface area (Å²) in [6.07, 6.45) is 2.36. The zero-order chi connectivity index (χ0) is 14.4. The van der Waals surface area contributed by atoms with Gasteiger partial charge in [0.15, 0.2) is 0 Å². The van der Waals surface area contributed by atoms with E-state index in [0.717, 1.165) is 19.4 Å². The van der Waals surface area contributed by atoms with E-state index in [1.54, 1.807) is 0 Å². The topological polar surface area (TPSA) is 90.5 Å². The summed E-state index contributed by atoms with van der Waals surface area (Å²) in [6, 6.07) is 0.279. The Morgan fingerprint density at radius 2 is 1.85 bits per heavy atom. The molecule has 2 bridgehead atoms. The van der Waals surface area contributed by atoms with Gasteiger partial charge in [0.1, 0.15) is 0 Å². The molecule has 20 heavy (non-hydrogen) atoms. The Morgan fingerprint density at radius 1 is 1.00 bits per heavy atom. The second-order valence-electron chi connectivity index (χ2n) is 5.26. The van der Waals surface area contributed by atoms with Crippen molar-refractivity contribution in [1.82, 2.24) is 20.9 Å². The van der Waals surface area contributed by atoms with Crippen molar-refractivity contribution in [1.29, 1.82) is 0 Å². The maximum Gasteiger partial charge on any atom is 0.239 e. The van der Waals surface area contributed by atoms with Gasteiger partial charge in [-0.15, -0.1) is 0 Å². The number of hydrogen-bond donors (Lipinski definition) is 3. The predicted molar refractivity (Wildman–Crippen MR) is 72.9 cm³/mol. The summed E-state index contributed by atoms with van der Waals surface area (Å²) in [7, 11) is 0. The highest BCUT2D eigenvalue weighted by Crippen LogP contribution is 2.11. The second-order valence-corrected chi connectivity index (χ2v) is 5.26. The Bertz CT molecular complexity index is 386. The van der Waals surface area contributed by atoms with Gasteiger partial charge < -0.3 is 20.9 Å². The minimum absolute atomic E-state index is 0.0214. The first-order chi connectivity index (χ1) is 9.65. The number of rotatable bonds is 0. The molecule has 1 unspecified atom stereocenters. The summed E-state index contributed by atoms with van der Waals surface area (Å²) in [5.41, 5.74) is 0. The number of carbonyl (C=O) groups excluding carboxylic acids is 3. The van der Waals surface area contributed by atoms with Crippen LogP contribution in [0.3, 0.4) is 0 Å². The summed E-state index contributed by atoms with van der Waals surface area (Å²) in [5.74, 6) is -0.431. The normalized spacial score (nSPS) is 26.5. The molecule has 1 atom stereocenters. The van der Waals surface area contributed by atoms with Gasteiger partial charge in [0.05, 0.1) is 6.54 Å². The van der Waals surface area contributed by atoms with Gasteiger partial charge in [-0.3, -0.25) is 14.4 Å². The number of carbonyl (C=O) groups is 3. The molecule has 0 aromatic carbocycles. The standard InChI is InChI=1S/C13H22N4O3/c18-11-3-4-13(20)17-7-1-2-10(9-17)14-5-6-15-12(19)8-16-11/h10,14H,1-9H2,(H,15,19)(H,16,18). The van der Waals surface area contributed by atoms with Crippen LogP contribution in [0.4, 0.5) is 0 Å². The van der Waals surface area contributed by atoms with Crippen molar-refractivity contribution in [3.63, 3.8) is 0 Å². The van der Waals surface area contributed by atoms with Crippen molar-refractivity contribution >= 4 is 17.7 Å². The molecule has 3 N–H and O–H groups in total. The quantitative estimate of drug-likeness (QED) is 0.509. The van der Waals surface area contributed by atoms with Crippen molar-refractivity contribution in [3.8, 4) is 0 Å². The van der Waals surface area contributed by atoms with Crippen LogP contribution in [0.25, 0.3) is 0 Å². The van der Waals surface area contributed by atoms with Gasteiger partial charge in [0, 0.05) is 45.1 Å². The molecule has 3 amide bonds. The number of hydrogen-bond acceptors (Lipinski definition) is 4. The Labute approximate surface area is 118 Å². The lowest BCUT2D eigenvalue weighted by Crippen LogP contribution is -2.50. The third kappa shape index (κ3) is 4.48. The Kier molecular flexibility index (Phi) is 5.34. The lowest BCUT2D eigenvalue weighted by molar-refractivity contribution is -0.135. The molecule has 7 heteroatoms. The Balaban J connectivity index is 1.94. The molecule has 2 aliphatic rings. The van der Waals surface area contributed by atoms with E-state index in [2.05, 4.69) is 16.0 Å². The van der Waals surface area contributed by atoms with Crippen molar-refractivity contribution in [2.75, 3.05) is 32.7 Å². The maximum absolute atomic E-state index is 12.0. The first-order valence-corrected chi connectivity index (χ1v) is 7.19. The fraction of sp³-hybridized carbons (Fsp3) is 0.769. The number of amides is 3. The molecule has 112 valence electrons. The van der Waals surface area contributed by atoms with Crippen LogP contribution < -0.4 is 16.0 Å². The van der Waals surface area contributed by atoms with E-state index >= 15 is 0 Å². The average Bonchev–Trinajstić information content (AvgIpc) is 2.46. The third-order valence-electron chi connectivity index (χ3n) is 3.67. The average molecular weight is 282 g/mol. The van der Waals surface area contributed by atoms with Crippen molar-refractivity contribution in [2.24, 2.45) is 0 Å². The Morgan fingerprint density at radius 3 is 2.70 bits per heavy atom. The van der Waals surface area contributed by atoms with Gasteiger partial charge >= 0.3 is 0 Å². The maximum atomic E-state index is 12.0. The van der Waals surface area contributed by atoms with Gasteiger partial charge in [-0.1, -0.05) is 0 Å². The van der Waals surface area contributed by atoms with E-state index in [9.17, 15) is 14.4 Å². The third-order valence-corrected chi connectivity index (χ3v) is 3.67. The van der Waals surface area contributed by atoms with Crippen LogP contribution in [0.2, 0.25) is 0 Å². The highest BCUT2D eigenvalue weighted by molar-refractivity contribution is 5.87. The minimum atomic E-state index is -0.253. The zero-order valence-corrected chi connectivity index (χ0v) is 11.6. The molecule has 0 saturated carbocycles. The van der Waals surface area contributed by atoms with Crippen LogP contribution in [0.5, 0.6) is 0 Å². The van der Waals surface area contributed by atoms with Gasteiger partial charge in [-0.2, -0.15) is 0 Å². The summed E-state index contributed by atoms with van der Waals surface area (Å²) in [5, 5.41) is 8.62. The zero-order valence-electron chi connectivity index (χ0n) is 11.6. The van der Waals surface area contributed by atoms with Crippen molar-refractivity contribution in [3.05, 3.63) is 0 Å². The molecule has 0 radical (unpaired) electrons. The lowest BCUT2D eigenvalue weighted by atomic mass is 10.0. The van der Waals surface area contributed by atoms with Crippen LogP contribution in [0.1, 0.15) is 25.7 Å². The summed E-state index contributed by atoms with van der Waals surface area (Å²) in [6.45, 7) is 2.63. The lowest BCUT2D eigenvalue weighted by Gasteiger charge is -2.33. The molecule has 0 aromatic rings. The predicted octanol–water partition coefficient (Wildman–Crippen LogP) is -1.41. The van der Waals surface area contributed by atoms with Gasteiger partial charge in [-0.05, 0) is 12.8 Å². The molecule has 0 aliphatic carbocycles. The number of piperidine rings is 1. The first kappa shape index (κ1) is 14.8. The Hall–Kier alpha value is -1.63. The van der Waals surface area contributed by atoms with Gasteiger partial charge in [0.25, 0.3) is 0 Å². The van der Waals surface area contributed by atoms with E-state index in [0.29, 0.717) is 19.6 Å². The molecule has 2 aliphatic heterocycles. The monoisotopic (exact) mass is 282 g/mol. The molecular formula is C13H22N4O3. The van der Waals surface area contributed by atoms with E-state index in [1.807, 2.05) is 4.90 Å². The molecule has 2 fully saturated rings. The molecule has 7 nitrogen and oxygen atoms in total. The highest BCUT2D eigenvalue weighted by Gasteiger charge is 2.23. The van der Waals surface area contributed by atoms with E-state index in [-0.39, 0.29) is 43.1 Å². The fourth-order valence-electron chi connectivity index (χ4n) is 2.56. The van der Waals surface area contributed by atoms with Crippen LogP contribution >= 0.6 is 0 Å². The van der Waals surface area contributed by atoms with E-state index in [1.165, 1.54) is 0 Å². The van der Waals surface area contributed by atoms with Crippen LogP contribution in [-0.2, 0) is 14.4 Å². The summed E-state index contributed by atoms with van der Waals surface area (Å²) < 4.78 is 0. The largest absolute Gasteiger partial charge is 0.353 e. The number of nitrogens with zero attached hydrogens (tertiary/aromatic N) is 1. The molecule has 2 saturated heterocycles. The summed E-state index contributed by atoms with van der Waals surface area (Å²) >= 11 is 0. The van der Waals surface area contributed by atoms with Crippen molar-refractivity contribution < 1.29 is 14.4 Å². The van der Waals surface area contributed by atoms with Crippen LogP contribution in [-0.4, -0.2) is 61.4 Å². The highest BCUT2D eigenvalue weighted by atomic mass is 16.2. The van der Waals surface area contributed by atoms with Crippen LogP contribution in [0.15, 0.2) is 0 Å². The first-order valence-electron chi connectivity index (χ1n) is 7.19. The van der Waals surface area contributed by atoms with Gasteiger partial charge in [-0.25, -0.2) is 0 Å². The summed E-state index contributed by atoms with van der Waals surface area (Å²) in [4.78, 5) is 36.9. The number of nitrogens with one attached hydrogen (secondary N) is 3. The molecular weight excluding hydrogens is 260 g/mol. The second kappa shape index (κ2) is 7.23. The van der Waals surface area contributed by atoms with Crippen molar-refractivity contribution in [2.45, 2.75) is 31.7 Å². The fourth-order valence-corrected chi connectivity index (χ4v) is 2.56. The van der Waals surface area contributed by atoms with Gasteiger partial charge in [0.2, 0.25) is 17.7 Å². The molecule has 2 rings (SSSR count). The number of fused-ring (bicyclic) bond motifs is 2.